The number of aromatic nitrogens is 6. The Bertz CT molecular complexity index is 815. The van der Waals surface area contributed by atoms with Crippen LogP contribution in [0.15, 0.2) is 34.5 Å². The third-order valence-corrected chi connectivity index (χ3v) is 3.86. The number of halogens is 3. The molecular weight excluding hydrogens is 333 g/mol. The Morgan fingerprint density at radius 3 is 2.87 bits per heavy atom. The molecule has 0 aliphatic heterocycles. The highest BCUT2D eigenvalue weighted by Gasteiger charge is 2.35. The molecule has 120 valence electrons. The van der Waals surface area contributed by atoms with Crippen molar-refractivity contribution in [3.05, 3.63) is 36.2 Å². The molecule has 23 heavy (non-hydrogen) atoms. The van der Waals surface area contributed by atoms with Gasteiger partial charge in [-0.2, -0.15) is 18.2 Å². The smallest absolute Gasteiger partial charge is 0.334 e. The maximum atomic E-state index is 13.0. The van der Waals surface area contributed by atoms with Crippen LogP contribution < -0.4 is 0 Å². The lowest BCUT2D eigenvalue weighted by Gasteiger charge is -2.08. The number of thioether (sulfide) groups is 1. The monoisotopic (exact) mass is 342 g/mol. The van der Waals surface area contributed by atoms with E-state index in [1.807, 2.05) is 0 Å². The Morgan fingerprint density at radius 2 is 2.17 bits per heavy atom. The predicted molar refractivity (Wildman–Crippen MR) is 73.1 cm³/mol. The fourth-order valence-electron chi connectivity index (χ4n) is 1.77. The molecular formula is C12H9F3N6OS. The van der Waals surface area contributed by atoms with E-state index in [1.54, 1.807) is 11.6 Å². The lowest BCUT2D eigenvalue weighted by molar-refractivity contribution is -0.137. The Balaban J connectivity index is 1.81. The second-order valence-electron chi connectivity index (χ2n) is 4.45. The number of hydrogen-bond donors (Lipinski definition) is 0. The highest BCUT2D eigenvalue weighted by molar-refractivity contribution is 7.98. The molecule has 0 fully saturated rings. The summed E-state index contributed by atoms with van der Waals surface area (Å²) < 4.78 is 45.6. The van der Waals surface area contributed by atoms with E-state index in [0.717, 1.165) is 18.5 Å². The summed E-state index contributed by atoms with van der Waals surface area (Å²) in [6.07, 6.45) is -0.876. The van der Waals surface area contributed by atoms with E-state index in [-0.39, 0.29) is 23.0 Å². The zero-order valence-electron chi connectivity index (χ0n) is 11.7. The van der Waals surface area contributed by atoms with Crippen LogP contribution in [-0.4, -0.2) is 29.9 Å². The Morgan fingerprint density at radius 1 is 1.35 bits per heavy atom. The van der Waals surface area contributed by atoms with E-state index in [0.29, 0.717) is 5.16 Å². The van der Waals surface area contributed by atoms with Gasteiger partial charge in [-0.3, -0.25) is 4.98 Å². The summed E-state index contributed by atoms with van der Waals surface area (Å²) in [5.74, 6) is 0.321. The van der Waals surface area contributed by atoms with Crippen LogP contribution in [0.3, 0.4) is 0 Å². The molecule has 0 saturated carbocycles. The zero-order valence-corrected chi connectivity index (χ0v) is 12.5. The second-order valence-corrected chi connectivity index (χ2v) is 5.39. The van der Waals surface area contributed by atoms with Gasteiger partial charge in [0.25, 0.3) is 5.89 Å². The first kappa shape index (κ1) is 15.5. The molecule has 0 radical (unpaired) electrons. The van der Waals surface area contributed by atoms with Crippen LogP contribution in [0.25, 0.3) is 11.5 Å². The first-order valence-electron chi connectivity index (χ1n) is 6.26. The van der Waals surface area contributed by atoms with Crippen molar-refractivity contribution in [3.63, 3.8) is 0 Å². The van der Waals surface area contributed by atoms with E-state index in [4.69, 9.17) is 4.52 Å². The predicted octanol–water partition coefficient (Wildman–Crippen LogP) is 2.57. The largest absolute Gasteiger partial charge is 0.417 e. The number of rotatable bonds is 4. The van der Waals surface area contributed by atoms with E-state index in [2.05, 4.69) is 25.3 Å². The summed E-state index contributed by atoms with van der Waals surface area (Å²) in [7, 11) is 1.77. The number of nitrogens with zero attached hydrogens (tertiary/aromatic N) is 6. The molecule has 0 N–H and O–H groups in total. The molecule has 0 spiro atoms. The first-order valence-corrected chi connectivity index (χ1v) is 7.24. The average molecular weight is 342 g/mol. The highest BCUT2D eigenvalue weighted by atomic mass is 32.2. The molecule has 0 unspecified atom stereocenters. The minimum absolute atomic E-state index is 0.223. The summed E-state index contributed by atoms with van der Waals surface area (Å²) in [6.45, 7) is 0. The van der Waals surface area contributed by atoms with E-state index in [1.165, 1.54) is 18.1 Å². The molecule has 0 aliphatic rings. The van der Waals surface area contributed by atoms with Gasteiger partial charge in [0, 0.05) is 19.4 Å². The van der Waals surface area contributed by atoms with Crippen LogP contribution in [0, 0.1) is 0 Å². The first-order chi connectivity index (χ1) is 10.9. The van der Waals surface area contributed by atoms with Crippen LogP contribution >= 0.6 is 11.8 Å². The average Bonchev–Trinajstić information content (AvgIpc) is 3.13. The van der Waals surface area contributed by atoms with Crippen LogP contribution in [0.5, 0.6) is 0 Å². The van der Waals surface area contributed by atoms with Gasteiger partial charge in [-0.05, 0) is 6.07 Å². The summed E-state index contributed by atoms with van der Waals surface area (Å²) in [6, 6.07) is 0.869. The Hall–Kier alpha value is -2.43. The second kappa shape index (κ2) is 5.99. The van der Waals surface area contributed by atoms with Crippen molar-refractivity contribution in [2.75, 3.05) is 0 Å². The molecule has 0 saturated heterocycles. The normalized spacial score (nSPS) is 11.8. The van der Waals surface area contributed by atoms with E-state index < -0.39 is 11.7 Å². The van der Waals surface area contributed by atoms with Crippen LogP contribution in [-0.2, 0) is 19.0 Å². The summed E-state index contributed by atoms with van der Waals surface area (Å²) >= 11 is 1.29. The van der Waals surface area contributed by atoms with Crippen molar-refractivity contribution in [2.45, 2.75) is 17.1 Å². The van der Waals surface area contributed by atoms with Crippen molar-refractivity contribution in [3.8, 4) is 11.5 Å². The number of aryl methyl sites for hydroxylation is 1. The van der Waals surface area contributed by atoms with Gasteiger partial charge in [-0.25, -0.2) is 0 Å². The number of pyridine rings is 1. The number of hydrogen-bond acceptors (Lipinski definition) is 7. The van der Waals surface area contributed by atoms with Crippen molar-refractivity contribution < 1.29 is 17.7 Å². The number of alkyl halides is 3. The van der Waals surface area contributed by atoms with Gasteiger partial charge in [0.2, 0.25) is 0 Å². The van der Waals surface area contributed by atoms with Gasteiger partial charge in [-0.1, -0.05) is 16.9 Å². The minimum atomic E-state index is -4.53. The fraction of sp³-hybridized carbons (Fsp3) is 0.250. The third kappa shape index (κ3) is 3.33. The molecule has 7 nitrogen and oxygen atoms in total. The highest BCUT2D eigenvalue weighted by Crippen LogP contribution is 2.35. The summed E-state index contributed by atoms with van der Waals surface area (Å²) in [4.78, 5) is 7.68. The van der Waals surface area contributed by atoms with E-state index >= 15 is 0 Å². The van der Waals surface area contributed by atoms with Gasteiger partial charge in [0.05, 0.1) is 16.9 Å². The standard InChI is InChI=1S/C12H9F3N6OS/c1-21-6-17-19-11(21)23-5-9-18-10(22-20-9)7-4-16-3-2-8(7)12(13,14)15/h2-4,6H,5H2,1H3. The molecule has 0 atom stereocenters. The molecule has 11 heteroatoms. The van der Waals surface area contributed by atoms with Crippen molar-refractivity contribution in [1.82, 2.24) is 29.9 Å². The van der Waals surface area contributed by atoms with Crippen molar-refractivity contribution >= 4 is 11.8 Å². The van der Waals surface area contributed by atoms with Gasteiger partial charge in [0.1, 0.15) is 6.33 Å². The zero-order chi connectivity index (χ0) is 16.4. The molecule has 0 aliphatic carbocycles. The topological polar surface area (TPSA) is 82.5 Å². The Labute approximate surface area is 131 Å². The van der Waals surface area contributed by atoms with Gasteiger partial charge in [-0.15, -0.1) is 10.2 Å². The van der Waals surface area contributed by atoms with E-state index in [9.17, 15) is 13.2 Å². The maximum absolute atomic E-state index is 13.0. The quantitative estimate of drug-likeness (QED) is 0.674. The lowest BCUT2D eigenvalue weighted by atomic mass is 10.1. The maximum Gasteiger partial charge on any atom is 0.417 e. The molecule has 0 aromatic carbocycles. The van der Waals surface area contributed by atoms with Crippen molar-refractivity contribution in [2.24, 2.45) is 7.05 Å². The van der Waals surface area contributed by atoms with Crippen LogP contribution in [0.1, 0.15) is 11.4 Å². The minimum Gasteiger partial charge on any atom is -0.334 e. The molecule has 3 heterocycles. The molecule has 3 rings (SSSR count). The van der Waals surface area contributed by atoms with Crippen molar-refractivity contribution in [1.29, 1.82) is 0 Å². The molecule has 3 aromatic heterocycles. The summed E-state index contributed by atoms with van der Waals surface area (Å²) in [5.41, 5.74) is -1.12. The van der Waals surface area contributed by atoms with Gasteiger partial charge in [0.15, 0.2) is 11.0 Å². The lowest BCUT2D eigenvalue weighted by Crippen LogP contribution is -2.07. The SMILES string of the molecule is Cn1cnnc1SCc1noc(-c2cnccc2C(F)(F)F)n1. The molecule has 0 amide bonds. The van der Waals surface area contributed by atoms with Crippen LogP contribution in [0.4, 0.5) is 13.2 Å². The van der Waals surface area contributed by atoms with Gasteiger partial charge < -0.3 is 9.09 Å². The summed E-state index contributed by atoms with van der Waals surface area (Å²) in [5, 5.41) is 11.9. The van der Waals surface area contributed by atoms with Crippen LogP contribution in [0.2, 0.25) is 0 Å². The fourth-order valence-corrected chi connectivity index (χ4v) is 2.50. The molecule has 3 aromatic rings. The third-order valence-electron chi connectivity index (χ3n) is 2.83. The van der Waals surface area contributed by atoms with Gasteiger partial charge >= 0.3 is 6.18 Å². The molecule has 0 bridgehead atoms. The Kier molecular flexibility index (Phi) is 4.03.